The molecule has 2 nitrogen and oxygen atoms in total. The molecule has 0 spiro atoms. The van der Waals surface area contributed by atoms with Crippen molar-refractivity contribution in [2.75, 3.05) is 14.2 Å². The molecule has 2 aromatic rings. The number of halogens is 3. The van der Waals surface area contributed by atoms with Crippen molar-refractivity contribution in [3.8, 4) is 5.75 Å². The van der Waals surface area contributed by atoms with Gasteiger partial charge in [-0.1, -0.05) is 43.5 Å². The van der Waals surface area contributed by atoms with Crippen molar-refractivity contribution in [3.05, 3.63) is 61.5 Å². The van der Waals surface area contributed by atoms with Gasteiger partial charge in [-0.05, 0) is 61.0 Å². The highest BCUT2D eigenvalue weighted by Crippen LogP contribution is 2.30. The number of hydrogen-bond acceptors (Lipinski definition) is 2. The van der Waals surface area contributed by atoms with Crippen LogP contribution in [0.25, 0.3) is 0 Å². The van der Waals surface area contributed by atoms with E-state index in [4.69, 9.17) is 16.3 Å². The maximum absolute atomic E-state index is 6.11. The number of benzene rings is 2. The fourth-order valence-electron chi connectivity index (χ4n) is 2.29. The molecule has 0 fully saturated rings. The van der Waals surface area contributed by atoms with Crippen LogP contribution in [0.4, 0.5) is 0 Å². The second kappa shape index (κ2) is 7.63. The zero-order chi connectivity index (χ0) is 15.4. The minimum Gasteiger partial charge on any atom is -0.496 e. The predicted octanol–water partition coefficient (Wildman–Crippen LogP) is 5.38. The fraction of sp³-hybridized carbons (Fsp3) is 0.250. The highest BCUT2D eigenvalue weighted by atomic mass is 79.9. The second-order valence-corrected chi connectivity index (χ2v) is 6.97. The van der Waals surface area contributed by atoms with Gasteiger partial charge in [0.25, 0.3) is 0 Å². The van der Waals surface area contributed by atoms with E-state index in [0.717, 1.165) is 31.7 Å². The lowest BCUT2D eigenvalue weighted by atomic mass is 9.98. The number of nitrogens with one attached hydrogen (secondary N) is 1. The summed E-state index contributed by atoms with van der Waals surface area (Å²) in [5.41, 5.74) is 2.28. The Morgan fingerprint density at radius 3 is 2.38 bits per heavy atom. The number of likely N-dealkylation sites (N-methyl/N-ethyl adjacent to an activating group) is 1. The lowest BCUT2D eigenvalue weighted by Gasteiger charge is -2.19. The van der Waals surface area contributed by atoms with Crippen LogP contribution in [0.1, 0.15) is 17.2 Å². The lowest BCUT2D eigenvalue weighted by Crippen LogP contribution is -2.19. The van der Waals surface area contributed by atoms with Crippen LogP contribution in [0.5, 0.6) is 5.75 Å². The number of hydrogen-bond donors (Lipinski definition) is 1. The summed E-state index contributed by atoms with van der Waals surface area (Å²) in [4.78, 5) is 0. The summed E-state index contributed by atoms with van der Waals surface area (Å²) in [6.45, 7) is 0. The Hall–Kier alpha value is -0.550. The lowest BCUT2D eigenvalue weighted by molar-refractivity contribution is 0.406. The zero-order valence-corrected chi connectivity index (χ0v) is 15.7. The van der Waals surface area contributed by atoms with Gasteiger partial charge in [0.15, 0.2) is 0 Å². The molecule has 0 saturated carbocycles. The second-order valence-electron chi connectivity index (χ2n) is 4.70. The summed E-state index contributed by atoms with van der Waals surface area (Å²) >= 11 is 13.2. The van der Waals surface area contributed by atoms with Gasteiger partial charge in [-0.15, -0.1) is 0 Å². The Labute approximate surface area is 147 Å². The van der Waals surface area contributed by atoms with E-state index < -0.39 is 0 Å². The summed E-state index contributed by atoms with van der Waals surface area (Å²) in [7, 11) is 3.63. The van der Waals surface area contributed by atoms with E-state index in [-0.39, 0.29) is 6.04 Å². The summed E-state index contributed by atoms with van der Waals surface area (Å²) < 4.78 is 7.52. The molecule has 0 heterocycles. The van der Waals surface area contributed by atoms with Gasteiger partial charge in [0.05, 0.1) is 7.11 Å². The molecule has 112 valence electrons. The topological polar surface area (TPSA) is 21.3 Å². The van der Waals surface area contributed by atoms with Gasteiger partial charge in [0.2, 0.25) is 0 Å². The van der Waals surface area contributed by atoms with Crippen LogP contribution in [-0.2, 0) is 6.42 Å². The van der Waals surface area contributed by atoms with E-state index in [1.54, 1.807) is 7.11 Å². The summed E-state index contributed by atoms with van der Waals surface area (Å²) in [5, 5.41) is 4.07. The standard InChI is InChI=1S/C16H16Br2ClNO/c1-20-15(10-5-12(17)9-13(18)6-10)8-11-7-14(19)3-4-16(11)21-2/h3-7,9,15,20H,8H2,1-2H3. The van der Waals surface area contributed by atoms with E-state index >= 15 is 0 Å². The Morgan fingerprint density at radius 2 is 1.81 bits per heavy atom. The summed E-state index contributed by atoms with van der Waals surface area (Å²) in [6, 6.07) is 12.1. The van der Waals surface area contributed by atoms with E-state index in [1.165, 1.54) is 5.56 Å². The molecule has 21 heavy (non-hydrogen) atoms. The Morgan fingerprint density at radius 1 is 1.14 bits per heavy atom. The van der Waals surface area contributed by atoms with Crippen LogP contribution in [-0.4, -0.2) is 14.2 Å². The average Bonchev–Trinajstić information content (AvgIpc) is 2.43. The van der Waals surface area contributed by atoms with Crippen LogP contribution in [0.3, 0.4) is 0 Å². The van der Waals surface area contributed by atoms with Crippen molar-refractivity contribution in [2.24, 2.45) is 0 Å². The minimum atomic E-state index is 0.172. The van der Waals surface area contributed by atoms with E-state index in [2.05, 4.69) is 49.3 Å². The molecule has 2 aromatic carbocycles. The fourth-order valence-corrected chi connectivity index (χ4v) is 3.81. The molecular weight excluding hydrogens is 417 g/mol. The van der Waals surface area contributed by atoms with Crippen molar-refractivity contribution >= 4 is 43.5 Å². The Balaban J connectivity index is 2.32. The van der Waals surface area contributed by atoms with Crippen molar-refractivity contribution < 1.29 is 4.74 Å². The molecule has 0 aromatic heterocycles. The van der Waals surface area contributed by atoms with Crippen LogP contribution in [0.2, 0.25) is 5.02 Å². The molecule has 1 atom stereocenters. The van der Waals surface area contributed by atoms with E-state index in [9.17, 15) is 0 Å². The van der Waals surface area contributed by atoms with Crippen LogP contribution >= 0.6 is 43.5 Å². The van der Waals surface area contributed by atoms with Gasteiger partial charge in [-0.25, -0.2) is 0 Å². The van der Waals surface area contributed by atoms with Gasteiger partial charge in [0.1, 0.15) is 5.75 Å². The SMILES string of the molecule is CNC(Cc1cc(Cl)ccc1OC)c1cc(Br)cc(Br)c1. The molecule has 0 aliphatic rings. The molecule has 0 aliphatic carbocycles. The normalized spacial score (nSPS) is 12.2. The predicted molar refractivity (Wildman–Crippen MR) is 95.4 cm³/mol. The largest absolute Gasteiger partial charge is 0.496 e. The highest BCUT2D eigenvalue weighted by Gasteiger charge is 2.14. The van der Waals surface area contributed by atoms with Gasteiger partial charge in [-0.3, -0.25) is 0 Å². The van der Waals surface area contributed by atoms with Gasteiger partial charge in [0, 0.05) is 20.0 Å². The van der Waals surface area contributed by atoms with Crippen molar-refractivity contribution in [2.45, 2.75) is 12.5 Å². The van der Waals surface area contributed by atoms with Crippen molar-refractivity contribution in [1.29, 1.82) is 0 Å². The molecule has 0 bridgehead atoms. The van der Waals surface area contributed by atoms with Crippen molar-refractivity contribution in [3.63, 3.8) is 0 Å². The number of methoxy groups -OCH3 is 1. The maximum atomic E-state index is 6.11. The molecule has 2 rings (SSSR count). The minimum absolute atomic E-state index is 0.172. The molecule has 1 N–H and O–H groups in total. The third-order valence-electron chi connectivity index (χ3n) is 3.30. The first-order valence-electron chi connectivity index (χ1n) is 6.49. The quantitative estimate of drug-likeness (QED) is 0.684. The Kier molecular flexibility index (Phi) is 6.11. The highest BCUT2D eigenvalue weighted by molar-refractivity contribution is 9.11. The van der Waals surface area contributed by atoms with Crippen LogP contribution in [0, 0.1) is 0 Å². The third-order valence-corrected chi connectivity index (χ3v) is 4.45. The first-order valence-corrected chi connectivity index (χ1v) is 8.45. The smallest absolute Gasteiger partial charge is 0.122 e. The average molecular weight is 434 g/mol. The third kappa shape index (κ3) is 4.46. The molecule has 5 heteroatoms. The van der Waals surface area contributed by atoms with Crippen molar-refractivity contribution in [1.82, 2.24) is 5.32 Å². The molecule has 0 aliphatic heterocycles. The van der Waals surface area contributed by atoms with Gasteiger partial charge >= 0.3 is 0 Å². The molecule has 0 radical (unpaired) electrons. The van der Waals surface area contributed by atoms with Crippen LogP contribution < -0.4 is 10.1 Å². The van der Waals surface area contributed by atoms with E-state index in [1.807, 2.05) is 31.3 Å². The molecule has 0 saturated heterocycles. The number of rotatable bonds is 5. The summed E-state index contributed by atoms with van der Waals surface area (Å²) in [5.74, 6) is 0.855. The van der Waals surface area contributed by atoms with Crippen LogP contribution in [0.15, 0.2) is 45.3 Å². The number of ether oxygens (including phenoxy) is 1. The Bertz CT molecular complexity index is 613. The first-order chi connectivity index (χ1) is 10.0. The maximum Gasteiger partial charge on any atom is 0.122 e. The molecule has 1 unspecified atom stereocenters. The zero-order valence-electron chi connectivity index (χ0n) is 11.8. The molecule has 0 amide bonds. The molecular formula is C16H16Br2ClNO. The monoisotopic (exact) mass is 431 g/mol. The van der Waals surface area contributed by atoms with E-state index in [0.29, 0.717) is 0 Å². The first kappa shape index (κ1) is 16.8. The van der Waals surface area contributed by atoms with Gasteiger partial charge < -0.3 is 10.1 Å². The van der Waals surface area contributed by atoms with Gasteiger partial charge in [-0.2, -0.15) is 0 Å². The summed E-state index contributed by atoms with van der Waals surface area (Å²) in [6.07, 6.45) is 0.795.